The fourth-order valence-corrected chi connectivity index (χ4v) is 4.06. The van der Waals surface area contributed by atoms with Gasteiger partial charge >= 0.3 is 11.9 Å². The summed E-state index contributed by atoms with van der Waals surface area (Å²) in [6.07, 6.45) is 8.63. The molecule has 110 valence electrons. The highest BCUT2D eigenvalue weighted by molar-refractivity contribution is 5.98. The van der Waals surface area contributed by atoms with Crippen molar-refractivity contribution in [1.82, 2.24) is 0 Å². The van der Waals surface area contributed by atoms with Crippen molar-refractivity contribution in [3.05, 3.63) is 71.8 Å². The molecule has 1 saturated heterocycles. The van der Waals surface area contributed by atoms with Gasteiger partial charge in [-0.1, -0.05) is 55.1 Å². The van der Waals surface area contributed by atoms with Gasteiger partial charge in [0.1, 0.15) is 0 Å². The molecule has 2 aliphatic carbocycles. The van der Waals surface area contributed by atoms with Crippen LogP contribution in [0, 0.1) is 5.41 Å². The summed E-state index contributed by atoms with van der Waals surface area (Å²) < 4.78 is 4.93. The molecule has 1 aromatic rings. The van der Waals surface area contributed by atoms with Crippen LogP contribution in [0.1, 0.15) is 35.8 Å². The number of rotatable bonds is 0. The van der Waals surface area contributed by atoms with Crippen LogP contribution < -0.4 is 0 Å². The number of fused-ring (bicyclic) bond motifs is 1. The molecule has 0 aromatic heterocycles. The molecule has 3 heteroatoms. The second-order valence-electron chi connectivity index (χ2n) is 6.28. The first kappa shape index (κ1) is 13.3. The molecular weight excluding hydrogens is 276 g/mol. The quantitative estimate of drug-likeness (QED) is 0.544. The molecule has 1 aliphatic heterocycles. The summed E-state index contributed by atoms with van der Waals surface area (Å²) in [6, 6.07) is 8.14. The molecule has 2 bridgehead atoms. The Kier molecular flexibility index (Phi) is 2.73. The monoisotopic (exact) mass is 292 g/mol. The van der Waals surface area contributed by atoms with Crippen molar-refractivity contribution in [3.63, 3.8) is 0 Å². The number of hydrogen-bond acceptors (Lipinski definition) is 3. The first-order valence-electron chi connectivity index (χ1n) is 7.49. The van der Waals surface area contributed by atoms with Gasteiger partial charge in [0, 0.05) is 11.8 Å². The Morgan fingerprint density at radius 1 is 1.14 bits per heavy atom. The fourth-order valence-electron chi connectivity index (χ4n) is 4.06. The third-order valence-corrected chi connectivity index (χ3v) is 5.12. The summed E-state index contributed by atoms with van der Waals surface area (Å²) in [4.78, 5) is 24.3. The van der Waals surface area contributed by atoms with Crippen molar-refractivity contribution in [2.24, 2.45) is 5.41 Å². The maximum atomic E-state index is 12.5. The van der Waals surface area contributed by atoms with Gasteiger partial charge in [-0.2, -0.15) is 0 Å². The van der Waals surface area contributed by atoms with Gasteiger partial charge in [0.15, 0.2) is 0 Å². The predicted molar refractivity (Wildman–Crippen MR) is 82.1 cm³/mol. The Labute approximate surface area is 129 Å². The van der Waals surface area contributed by atoms with E-state index in [1.807, 2.05) is 42.5 Å². The van der Waals surface area contributed by atoms with Crippen LogP contribution in [-0.4, -0.2) is 11.9 Å². The average molecular weight is 292 g/mol. The van der Waals surface area contributed by atoms with Crippen molar-refractivity contribution in [2.45, 2.75) is 24.7 Å². The topological polar surface area (TPSA) is 43.4 Å². The number of esters is 2. The minimum absolute atomic E-state index is 0.0436. The minimum Gasteiger partial charge on any atom is -0.393 e. The van der Waals surface area contributed by atoms with E-state index in [1.165, 1.54) is 5.56 Å². The maximum absolute atomic E-state index is 12.5. The summed E-state index contributed by atoms with van der Waals surface area (Å²) in [6.45, 7) is 4.17. The molecule has 4 rings (SSSR count). The third-order valence-electron chi connectivity index (χ3n) is 5.12. The first-order valence-corrected chi connectivity index (χ1v) is 7.49. The van der Waals surface area contributed by atoms with Crippen molar-refractivity contribution in [1.29, 1.82) is 0 Å². The van der Waals surface area contributed by atoms with E-state index in [-0.39, 0.29) is 24.2 Å². The molecule has 0 N–H and O–H groups in total. The lowest BCUT2D eigenvalue weighted by Gasteiger charge is -2.41. The molecule has 3 atom stereocenters. The smallest absolute Gasteiger partial charge is 0.321 e. The number of hydrogen-bond donors (Lipinski definition) is 0. The Balaban J connectivity index is 1.99. The van der Waals surface area contributed by atoms with Crippen molar-refractivity contribution < 1.29 is 14.3 Å². The van der Waals surface area contributed by atoms with Crippen LogP contribution in [0.5, 0.6) is 0 Å². The van der Waals surface area contributed by atoms with E-state index < -0.39 is 11.4 Å². The van der Waals surface area contributed by atoms with E-state index in [9.17, 15) is 9.59 Å². The summed E-state index contributed by atoms with van der Waals surface area (Å²) in [5.41, 5.74) is 2.48. The molecule has 0 amide bonds. The van der Waals surface area contributed by atoms with Gasteiger partial charge in [-0.25, -0.2) is 0 Å². The zero-order valence-corrected chi connectivity index (χ0v) is 12.1. The molecular formula is C19H16O3. The molecule has 0 radical (unpaired) electrons. The number of carbonyl (C=O) groups is 2. The highest BCUT2D eigenvalue weighted by Gasteiger charge is 2.57. The van der Waals surface area contributed by atoms with Crippen LogP contribution in [0.25, 0.3) is 0 Å². The van der Waals surface area contributed by atoms with E-state index in [2.05, 4.69) is 12.6 Å². The molecule has 22 heavy (non-hydrogen) atoms. The Morgan fingerprint density at radius 3 is 2.64 bits per heavy atom. The van der Waals surface area contributed by atoms with Crippen LogP contribution in [0.4, 0.5) is 0 Å². The average Bonchev–Trinajstić information content (AvgIpc) is 2.83. The number of ether oxygens (including phenoxy) is 1. The third kappa shape index (κ3) is 1.68. The van der Waals surface area contributed by atoms with Gasteiger partial charge in [0.05, 0.1) is 11.8 Å². The van der Waals surface area contributed by atoms with Gasteiger partial charge in [-0.15, -0.1) is 0 Å². The van der Waals surface area contributed by atoms with E-state index >= 15 is 0 Å². The Morgan fingerprint density at radius 2 is 1.91 bits per heavy atom. The predicted octanol–water partition coefficient (Wildman–Crippen LogP) is 3.40. The number of carbonyl (C=O) groups excluding carboxylic acids is 2. The molecule has 3 unspecified atom stereocenters. The Hall–Kier alpha value is -2.42. The fraction of sp³-hybridized carbons (Fsp3) is 0.263. The van der Waals surface area contributed by atoms with Crippen LogP contribution >= 0.6 is 0 Å². The molecule has 1 spiro atoms. The second kappa shape index (κ2) is 4.54. The van der Waals surface area contributed by atoms with Crippen molar-refractivity contribution in [3.8, 4) is 0 Å². The summed E-state index contributed by atoms with van der Waals surface area (Å²) >= 11 is 0. The van der Waals surface area contributed by atoms with Crippen LogP contribution in [-0.2, 0) is 14.3 Å². The summed E-state index contributed by atoms with van der Waals surface area (Å²) in [5.74, 6) is -0.891. The maximum Gasteiger partial charge on any atom is 0.321 e. The summed E-state index contributed by atoms with van der Waals surface area (Å²) in [7, 11) is 0. The second-order valence-corrected chi connectivity index (χ2v) is 6.28. The summed E-state index contributed by atoms with van der Waals surface area (Å²) in [5, 5.41) is 0. The highest BCUT2D eigenvalue weighted by atomic mass is 16.6. The van der Waals surface area contributed by atoms with E-state index in [4.69, 9.17) is 4.74 Å². The van der Waals surface area contributed by atoms with Crippen LogP contribution in [0.15, 0.2) is 60.7 Å². The van der Waals surface area contributed by atoms with Gasteiger partial charge in [0.25, 0.3) is 0 Å². The largest absolute Gasteiger partial charge is 0.393 e. The lowest BCUT2D eigenvalue weighted by molar-refractivity contribution is -0.155. The van der Waals surface area contributed by atoms with Crippen molar-refractivity contribution >= 4 is 11.9 Å². The normalized spacial score (nSPS) is 35.5. The molecule has 3 nitrogen and oxygen atoms in total. The number of benzene rings is 1. The molecule has 1 aromatic carbocycles. The number of allylic oxidation sites excluding steroid dienone is 5. The highest BCUT2D eigenvalue weighted by Crippen LogP contribution is 2.57. The lowest BCUT2D eigenvalue weighted by Crippen LogP contribution is -2.39. The standard InChI is InChI=1S/C19H16O3/c1-12-6-2-5-9-16-14-8-4-3-7-13(14)15(12)10-19(16)11-17(20)22-18(19)21/h2-9,15-16H,1,10-11H2/b6-2-,9-5-. The zero-order chi connectivity index (χ0) is 15.3. The lowest BCUT2D eigenvalue weighted by atomic mass is 9.59. The van der Waals surface area contributed by atoms with Gasteiger partial charge < -0.3 is 4.74 Å². The van der Waals surface area contributed by atoms with Gasteiger partial charge in [0.2, 0.25) is 0 Å². The Bertz CT molecular complexity index is 756. The first-order chi connectivity index (χ1) is 10.6. The minimum atomic E-state index is -0.790. The van der Waals surface area contributed by atoms with E-state index in [0.717, 1.165) is 11.1 Å². The molecule has 1 heterocycles. The van der Waals surface area contributed by atoms with Crippen molar-refractivity contribution in [2.75, 3.05) is 0 Å². The van der Waals surface area contributed by atoms with E-state index in [0.29, 0.717) is 6.42 Å². The number of cyclic esters (lactones) is 2. The molecule has 3 aliphatic rings. The van der Waals surface area contributed by atoms with Crippen LogP contribution in [0.2, 0.25) is 0 Å². The van der Waals surface area contributed by atoms with Gasteiger partial charge in [-0.3, -0.25) is 9.59 Å². The van der Waals surface area contributed by atoms with Crippen LogP contribution in [0.3, 0.4) is 0 Å². The molecule has 1 fully saturated rings. The van der Waals surface area contributed by atoms with E-state index in [1.54, 1.807) is 0 Å². The SMILES string of the molecule is C=C1/C=C\C=C/C2c3ccccc3C1CC21CC(=O)OC1=O. The molecule has 0 saturated carbocycles. The zero-order valence-electron chi connectivity index (χ0n) is 12.1. The van der Waals surface area contributed by atoms with Gasteiger partial charge in [-0.05, 0) is 23.1 Å².